The van der Waals surface area contributed by atoms with Gasteiger partial charge in [0.05, 0.1) is 16.8 Å². The van der Waals surface area contributed by atoms with Gasteiger partial charge in [-0.3, -0.25) is 4.57 Å². The highest BCUT2D eigenvalue weighted by Crippen LogP contribution is 2.30. The van der Waals surface area contributed by atoms with Crippen LogP contribution in [0.2, 0.25) is 0 Å². The number of nitrogens with zero attached hydrogens (tertiary/aromatic N) is 4. The highest BCUT2D eigenvalue weighted by molar-refractivity contribution is 7.98. The number of benzene rings is 1. The number of imidazole rings is 1. The van der Waals surface area contributed by atoms with Gasteiger partial charge in [0.1, 0.15) is 0 Å². The predicted octanol–water partition coefficient (Wildman–Crippen LogP) is 3.42. The zero-order chi connectivity index (χ0) is 14.1. The lowest BCUT2D eigenvalue weighted by Gasteiger charge is -2.05. The van der Waals surface area contributed by atoms with Crippen LogP contribution in [0.3, 0.4) is 0 Å². The van der Waals surface area contributed by atoms with Crippen LogP contribution in [0.1, 0.15) is 18.3 Å². The standard InChI is InChI=1S/C12H10F2N4OS/c1-7-15-10(19-17-7)6-20-12-16-8-4-2-3-5-9(8)18(12)11(13)14/h2-5,11H,6H2,1H3. The van der Waals surface area contributed by atoms with Crippen LogP contribution in [0, 0.1) is 6.92 Å². The van der Waals surface area contributed by atoms with E-state index in [4.69, 9.17) is 4.52 Å². The van der Waals surface area contributed by atoms with E-state index in [1.165, 1.54) is 0 Å². The molecule has 5 nitrogen and oxygen atoms in total. The molecule has 0 aliphatic rings. The number of para-hydroxylation sites is 2. The summed E-state index contributed by atoms with van der Waals surface area (Å²) in [7, 11) is 0. The largest absolute Gasteiger partial charge is 0.338 e. The molecule has 0 N–H and O–H groups in total. The number of fused-ring (bicyclic) bond motifs is 1. The molecule has 8 heteroatoms. The van der Waals surface area contributed by atoms with Crippen molar-refractivity contribution in [3.05, 3.63) is 36.0 Å². The van der Waals surface area contributed by atoms with Gasteiger partial charge in [0.25, 0.3) is 0 Å². The van der Waals surface area contributed by atoms with Crippen LogP contribution < -0.4 is 0 Å². The van der Waals surface area contributed by atoms with E-state index in [1.54, 1.807) is 31.2 Å². The molecule has 2 heterocycles. The molecule has 3 aromatic rings. The summed E-state index contributed by atoms with van der Waals surface area (Å²) in [5.74, 6) is 1.21. The Balaban J connectivity index is 1.92. The molecule has 0 spiro atoms. The molecular weight excluding hydrogens is 286 g/mol. The van der Waals surface area contributed by atoms with Gasteiger partial charge in [-0.15, -0.1) is 0 Å². The minimum Gasteiger partial charge on any atom is -0.338 e. The molecule has 0 aliphatic carbocycles. The third-order valence-corrected chi connectivity index (χ3v) is 3.59. The first kappa shape index (κ1) is 13.0. The van der Waals surface area contributed by atoms with Gasteiger partial charge < -0.3 is 4.52 Å². The monoisotopic (exact) mass is 296 g/mol. The van der Waals surface area contributed by atoms with Crippen molar-refractivity contribution < 1.29 is 13.3 Å². The fourth-order valence-electron chi connectivity index (χ4n) is 1.84. The van der Waals surface area contributed by atoms with Crippen LogP contribution in [-0.4, -0.2) is 19.7 Å². The fourth-order valence-corrected chi connectivity index (χ4v) is 2.69. The van der Waals surface area contributed by atoms with Crippen LogP contribution in [0.5, 0.6) is 0 Å². The highest BCUT2D eigenvalue weighted by atomic mass is 32.2. The van der Waals surface area contributed by atoms with E-state index < -0.39 is 6.55 Å². The lowest BCUT2D eigenvalue weighted by atomic mass is 10.3. The molecule has 0 atom stereocenters. The molecule has 0 saturated heterocycles. The zero-order valence-electron chi connectivity index (χ0n) is 10.5. The van der Waals surface area contributed by atoms with Crippen molar-refractivity contribution in [3.63, 3.8) is 0 Å². The second kappa shape index (κ2) is 5.20. The fraction of sp³-hybridized carbons (Fsp3) is 0.250. The number of aryl methyl sites for hydroxylation is 1. The van der Waals surface area contributed by atoms with Crippen LogP contribution in [0.25, 0.3) is 11.0 Å². The molecule has 0 aliphatic heterocycles. The van der Waals surface area contributed by atoms with Gasteiger partial charge in [-0.2, -0.15) is 13.8 Å². The summed E-state index contributed by atoms with van der Waals surface area (Å²) in [6.07, 6.45) is 0. The molecule has 0 bridgehead atoms. The van der Waals surface area contributed by atoms with Gasteiger partial charge in [0, 0.05) is 0 Å². The number of thioether (sulfide) groups is 1. The van der Waals surface area contributed by atoms with Gasteiger partial charge in [-0.25, -0.2) is 4.98 Å². The van der Waals surface area contributed by atoms with E-state index >= 15 is 0 Å². The SMILES string of the molecule is Cc1noc(CSc2nc3ccccc3n2C(F)F)n1. The number of hydrogen-bond acceptors (Lipinski definition) is 5. The van der Waals surface area contributed by atoms with E-state index in [9.17, 15) is 8.78 Å². The maximum atomic E-state index is 13.2. The van der Waals surface area contributed by atoms with Crippen molar-refractivity contribution in [2.75, 3.05) is 0 Å². The third kappa shape index (κ3) is 2.38. The van der Waals surface area contributed by atoms with E-state index in [0.717, 1.165) is 16.3 Å². The number of aromatic nitrogens is 4. The molecule has 1 aromatic carbocycles. The Bertz CT molecular complexity index is 740. The van der Waals surface area contributed by atoms with Crippen molar-refractivity contribution in [2.24, 2.45) is 0 Å². The Labute approximate surface area is 117 Å². The molecule has 0 saturated carbocycles. The van der Waals surface area contributed by atoms with Crippen molar-refractivity contribution in [1.82, 2.24) is 19.7 Å². The molecule has 0 unspecified atom stereocenters. The van der Waals surface area contributed by atoms with Gasteiger partial charge >= 0.3 is 6.55 Å². The molecule has 20 heavy (non-hydrogen) atoms. The number of hydrogen-bond donors (Lipinski definition) is 0. The van der Waals surface area contributed by atoms with E-state index in [1.807, 2.05) is 0 Å². The summed E-state index contributed by atoms with van der Waals surface area (Å²) in [5.41, 5.74) is 0.948. The van der Waals surface area contributed by atoms with Gasteiger partial charge in [-0.05, 0) is 19.1 Å². The van der Waals surface area contributed by atoms with Crippen LogP contribution in [0.4, 0.5) is 8.78 Å². The molecule has 0 radical (unpaired) electrons. The maximum absolute atomic E-state index is 13.2. The normalized spacial score (nSPS) is 11.6. The Hall–Kier alpha value is -1.96. The summed E-state index contributed by atoms with van der Waals surface area (Å²) < 4.78 is 32.2. The lowest BCUT2D eigenvalue weighted by molar-refractivity contribution is 0.0656. The average molecular weight is 296 g/mol. The molecule has 0 fully saturated rings. The zero-order valence-corrected chi connectivity index (χ0v) is 11.3. The second-order valence-corrected chi connectivity index (χ2v) is 5.00. The van der Waals surface area contributed by atoms with Crippen LogP contribution in [0.15, 0.2) is 33.9 Å². The van der Waals surface area contributed by atoms with Crippen LogP contribution >= 0.6 is 11.8 Å². The van der Waals surface area contributed by atoms with E-state index in [0.29, 0.717) is 28.5 Å². The minimum atomic E-state index is -2.64. The quantitative estimate of drug-likeness (QED) is 0.690. The molecule has 2 aromatic heterocycles. The number of halogens is 2. The minimum absolute atomic E-state index is 0.233. The van der Waals surface area contributed by atoms with E-state index in [-0.39, 0.29) is 5.16 Å². The number of alkyl halides is 2. The van der Waals surface area contributed by atoms with Crippen molar-refractivity contribution >= 4 is 22.8 Å². The highest BCUT2D eigenvalue weighted by Gasteiger charge is 2.18. The topological polar surface area (TPSA) is 56.7 Å². The predicted molar refractivity (Wildman–Crippen MR) is 69.6 cm³/mol. The third-order valence-electron chi connectivity index (χ3n) is 2.65. The summed E-state index contributed by atoms with van der Waals surface area (Å²) in [4.78, 5) is 8.24. The van der Waals surface area contributed by atoms with Gasteiger partial charge in [0.15, 0.2) is 11.0 Å². The smallest absolute Gasteiger partial charge is 0.321 e. The number of rotatable bonds is 4. The van der Waals surface area contributed by atoms with Crippen molar-refractivity contribution in [3.8, 4) is 0 Å². The maximum Gasteiger partial charge on any atom is 0.321 e. The molecule has 104 valence electrons. The first-order chi connectivity index (χ1) is 9.65. The van der Waals surface area contributed by atoms with Crippen molar-refractivity contribution in [1.29, 1.82) is 0 Å². The first-order valence-corrected chi connectivity index (χ1v) is 6.81. The first-order valence-electron chi connectivity index (χ1n) is 5.82. The second-order valence-electron chi connectivity index (χ2n) is 4.05. The van der Waals surface area contributed by atoms with Crippen LogP contribution in [-0.2, 0) is 5.75 Å². The summed E-state index contributed by atoms with van der Waals surface area (Å²) in [5, 5.41) is 3.89. The molecule has 0 amide bonds. The van der Waals surface area contributed by atoms with Gasteiger partial charge in [-0.1, -0.05) is 29.1 Å². The van der Waals surface area contributed by atoms with E-state index in [2.05, 4.69) is 15.1 Å². The summed E-state index contributed by atoms with van der Waals surface area (Å²) in [6, 6.07) is 6.80. The Morgan fingerprint density at radius 3 is 2.80 bits per heavy atom. The van der Waals surface area contributed by atoms with Crippen molar-refractivity contribution in [2.45, 2.75) is 24.4 Å². The lowest BCUT2D eigenvalue weighted by Crippen LogP contribution is -2.00. The Morgan fingerprint density at radius 1 is 1.30 bits per heavy atom. The molecule has 3 rings (SSSR count). The Morgan fingerprint density at radius 2 is 2.10 bits per heavy atom. The Kier molecular flexibility index (Phi) is 3.39. The summed E-state index contributed by atoms with van der Waals surface area (Å²) in [6.45, 7) is -0.944. The van der Waals surface area contributed by atoms with Gasteiger partial charge in [0.2, 0.25) is 5.89 Å². The summed E-state index contributed by atoms with van der Waals surface area (Å²) >= 11 is 1.14. The molecular formula is C12H10F2N4OS. The average Bonchev–Trinajstić information content (AvgIpc) is 2.99.